The summed E-state index contributed by atoms with van der Waals surface area (Å²) in [5.41, 5.74) is 2.80. The number of ether oxygens (including phenoxy) is 2. The van der Waals surface area contributed by atoms with Crippen molar-refractivity contribution in [2.75, 3.05) is 27.4 Å². The minimum atomic E-state index is 0.676. The van der Waals surface area contributed by atoms with Crippen molar-refractivity contribution in [1.82, 2.24) is 0 Å². The monoisotopic (exact) mass is 296 g/mol. The minimum Gasteiger partial charge on any atom is -0.385 e. The second kappa shape index (κ2) is 17.2. The molecule has 0 fully saturated rings. The number of rotatable bonds is 6. The van der Waals surface area contributed by atoms with Gasteiger partial charge in [0.1, 0.15) is 0 Å². The smallest absolute Gasteiger partial charge is 0.0485 e. The third-order valence-electron chi connectivity index (χ3n) is 2.57. The Morgan fingerprint density at radius 1 is 0.905 bits per heavy atom. The molecule has 21 heavy (non-hydrogen) atoms. The van der Waals surface area contributed by atoms with Gasteiger partial charge in [0, 0.05) is 27.4 Å². The molecule has 2 nitrogen and oxygen atoms in total. The lowest BCUT2D eigenvalue weighted by molar-refractivity contribution is 0.167. The Hall–Kier alpha value is -0.860. The van der Waals surface area contributed by atoms with E-state index in [1.807, 2.05) is 0 Å². The summed E-state index contributed by atoms with van der Waals surface area (Å²) in [6.07, 6.45) is 3.57. The molecule has 0 aliphatic carbocycles. The van der Waals surface area contributed by atoms with Crippen LogP contribution in [0.4, 0.5) is 0 Å². The molecule has 2 heteroatoms. The molecule has 0 aromatic heterocycles. The summed E-state index contributed by atoms with van der Waals surface area (Å²) in [7, 11) is 3.43. The van der Waals surface area contributed by atoms with E-state index in [0.717, 1.165) is 19.6 Å². The van der Waals surface area contributed by atoms with Gasteiger partial charge in [0.15, 0.2) is 0 Å². The molecule has 0 bridgehead atoms. The highest BCUT2D eigenvalue weighted by molar-refractivity contribution is 5.21. The van der Waals surface area contributed by atoms with Crippen molar-refractivity contribution >= 4 is 0 Å². The van der Waals surface area contributed by atoms with Crippen LogP contribution in [0.3, 0.4) is 0 Å². The second-order valence-corrected chi connectivity index (χ2v) is 5.58. The molecule has 1 aromatic carbocycles. The van der Waals surface area contributed by atoms with E-state index in [1.165, 1.54) is 24.0 Å². The molecule has 1 aromatic rings. The summed E-state index contributed by atoms with van der Waals surface area (Å²) in [6.45, 7) is 12.4. The van der Waals surface area contributed by atoms with Crippen LogP contribution in [-0.4, -0.2) is 27.4 Å². The first-order chi connectivity index (χ1) is 10.0. The quantitative estimate of drug-likeness (QED) is 0.711. The van der Waals surface area contributed by atoms with Gasteiger partial charge in [-0.3, -0.25) is 0 Å². The zero-order valence-corrected chi connectivity index (χ0v) is 15.2. The van der Waals surface area contributed by atoms with E-state index in [9.17, 15) is 0 Å². The summed E-state index contributed by atoms with van der Waals surface area (Å²) < 4.78 is 9.49. The zero-order chi connectivity index (χ0) is 16.5. The van der Waals surface area contributed by atoms with Gasteiger partial charge in [-0.25, -0.2) is 0 Å². The molecule has 0 heterocycles. The first-order valence-corrected chi connectivity index (χ1v) is 8.05. The molecule has 0 radical (unpaired) electrons. The van der Waals surface area contributed by atoms with Gasteiger partial charge in [0.05, 0.1) is 0 Å². The van der Waals surface area contributed by atoms with E-state index in [-0.39, 0.29) is 0 Å². The Kier molecular flexibility index (Phi) is 18.4. The van der Waals surface area contributed by atoms with Crippen molar-refractivity contribution in [2.45, 2.75) is 53.9 Å². The van der Waals surface area contributed by atoms with E-state index in [0.29, 0.717) is 5.92 Å². The highest BCUT2D eigenvalue weighted by atomic mass is 16.5. The van der Waals surface area contributed by atoms with Crippen LogP contribution in [-0.2, 0) is 15.9 Å². The van der Waals surface area contributed by atoms with Gasteiger partial charge in [0.25, 0.3) is 0 Å². The molecule has 124 valence electrons. The van der Waals surface area contributed by atoms with E-state index in [2.05, 4.69) is 58.9 Å². The van der Waals surface area contributed by atoms with Gasteiger partial charge in [-0.2, -0.15) is 0 Å². The molecule has 0 unspecified atom stereocenters. The Bertz CT molecular complexity index is 289. The maximum Gasteiger partial charge on any atom is 0.0485 e. The highest BCUT2D eigenvalue weighted by Crippen LogP contribution is 2.04. The number of methoxy groups -OCH3 is 2. The fourth-order valence-electron chi connectivity index (χ4n) is 1.58. The first-order valence-electron chi connectivity index (χ1n) is 8.05. The van der Waals surface area contributed by atoms with Crippen molar-refractivity contribution in [3.8, 4) is 0 Å². The van der Waals surface area contributed by atoms with Gasteiger partial charge in [0.2, 0.25) is 0 Å². The maximum absolute atomic E-state index is 4.80. The third-order valence-corrected chi connectivity index (χ3v) is 2.57. The highest BCUT2D eigenvalue weighted by Gasteiger charge is 1.88. The fourth-order valence-corrected chi connectivity index (χ4v) is 1.58. The number of hydrogen-bond acceptors (Lipinski definition) is 2. The van der Waals surface area contributed by atoms with Crippen LogP contribution in [0.2, 0.25) is 0 Å². The predicted octanol–water partition coefficient (Wildman–Crippen LogP) is 5.28. The van der Waals surface area contributed by atoms with E-state index >= 15 is 0 Å². The van der Waals surface area contributed by atoms with E-state index in [1.54, 1.807) is 14.2 Å². The lowest BCUT2D eigenvalue weighted by atomic mass is 10.1. The zero-order valence-electron chi connectivity index (χ0n) is 15.2. The standard InChI is InChI=1S/C10H14.C5H12O.C4H10O/c1-3-4-10-7-5-9(2)6-8-10;1-5(2)4-6-3;1-3-4-5-2/h5-8H,3-4H2,1-2H3;5H,4H2,1-3H3;3-4H2,1-2H3. The molecule has 0 aliphatic rings. The largest absolute Gasteiger partial charge is 0.385 e. The topological polar surface area (TPSA) is 18.5 Å². The minimum absolute atomic E-state index is 0.676. The van der Waals surface area contributed by atoms with Crippen molar-refractivity contribution in [2.24, 2.45) is 5.92 Å². The maximum atomic E-state index is 4.80. The Morgan fingerprint density at radius 2 is 1.48 bits per heavy atom. The summed E-state index contributed by atoms with van der Waals surface area (Å²) in [5, 5.41) is 0. The lowest BCUT2D eigenvalue weighted by Gasteiger charge is -1.97. The van der Waals surface area contributed by atoms with Crippen LogP contribution >= 0.6 is 0 Å². The Labute approximate surface area is 132 Å². The Morgan fingerprint density at radius 3 is 1.71 bits per heavy atom. The first kappa shape index (κ1) is 22.4. The van der Waals surface area contributed by atoms with Gasteiger partial charge in [-0.15, -0.1) is 0 Å². The molecule has 1 rings (SSSR count). The molecule has 0 atom stereocenters. The molecular formula is C19H36O2. The molecule has 0 N–H and O–H groups in total. The second-order valence-electron chi connectivity index (χ2n) is 5.58. The SMILES string of the molecule is CCCOC.CCCc1ccc(C)cc1.COCC(C)C. The third kappa shape index (κ3) is 19.1. The molecule has 0 saturated heterocycles. The van der Waals surface area contributed by atoms with Crippen LogP contribution in [0, 0.1) is 12.8 Å². The summed E-state index contributed by atoms with van der Waals surface area (Å²) in [6, 6.07) is 8.76. The van der Waals surface area contributed by atoms with Crippen LogP contribution in [0.15, 0.2) is 24.3 Å². The number of benzene rings is 1. The van der Waals surface area contributed by atoms with Gasteiger partial charge >= 0.3 is 0 Å². The summed E-state index contributed by atoms with van der Waals surface area (Å²) >= 11 is 0. The Balaban J connectivity index is 0. The van der Waals surface area contributed by atoms with Gasteiger partial charge in [-0.05, 0) is 31.2 Å². The summed E-state index contributed by atoms with van der Waals surface area (Å²) in [5.74, 6) is 0.676. The number of hydrogen-bond donors (Lipinski definition) is 0. The van der Waals surface area contributed by atoms with Crippen molar-refractivity contribution in [3.63, 3.8) is 0 Å². The molecular weight excluding hydrogens is 260 g/mol. The normalized spacial score (nSPS) is 9.52. The van der Waals surface area contributed by atoms with Gasteiger partial charge in [-0.1, -0.05) is 63.9 Å². The molecule has 0 spiro atoms. The van der Waals surface area contributed by atoms with E-state index in [4.69, 9.17) is 9.47 Å². The van der Waals surface area contributed by atoms with Crippen LogP contribution in [0.1, 0.15) is 51.7 Å². The van der Waals surface area contributed by atoms with Crippen LogP contribution in [0.25, 0.3) is 0 Å². The summed E-state index contributed by atoms with van der Waals surface area (Å²) in [4.78, 5) is 0. The molecule has 0 aliphatic heterocycles. The predicted molar refractivity (Wildman–Crippen MR) is 94.1 cm³/mol. The van der Waals surface area contributed by atoms with Crippen molar-refractivity contribution < 1.29 is 9.47 Å². The van der Waals surface area contributed by atoms with Crippen LogP contribution in [0.5, 0.6) is 0 Å². The van der Waals surface area contributed by atoms with Crippen molar-refractivity contribution in [1.29, 1.82) is 0 Å². The average Bonchev–Trinajstić information content (AvgIpc) is 2.44. The fraction of sp³-hybridized carbons (Fsp3) is 0.684. The molecule has 0 saturated carbocycles. The van der Waals surface area contributed by atoms with Gasteiger partial charge < -0.3 is 9.47 Å². The van der Waals surface area contributed by atoms with Crippen molar-refractivity contribution in [3.05, 3.63) is 35.4 Å². The number of aryl methyl sites for hydroxylation is 2. The van der Waals surface area contributed by atoms with Crippen LogP contribution < -0.4 is 0 Å². The van der Waals surface area contributed by atoms with E-state index < -0.39 is 0 Å². The average molecular weight is 296 g/mol. The lowest BCUT2D eigenvalue weighted by Crippen LogP contribution is -1.96. The molecule has 0 amide bonds.